The molecule has 0 bridgehead atoms. The van der Waals surface area contributed by atoms with Crippen LogP contribution in [0.1, 0.15) is 36.5 Å². The Morgan fingerprint density at radius 3 is 2.30 bits per heavy atom. The lowest BCUT2D eigenvalue weighted by molar-refractivity contribution is 0.397. The van der Waals surface area contributed by atoms with Crippen molar-refractivity contribution in [2.75, 3.05) is 0 Å². The zero-order valence-electron chi connectivity index (χ0n) is 16.0. The molecule has 2 aromatic carbocycles. The van der Waals surface area contributed by atoms with Gasteiger partial charge in [0, 0.05) is 5.92 Å². The first-order valence-corrected chi connectivity index (χ1v) is 9.73. The Labute approximate surface area is 163 Å². The minimum atomic E-state index is 0.134. The molecule has 134 valence electrons. The third kappa shape index (κ3) is 3.40. The highest BCUT2D eigenvalue weighted by atomic mass is 14.5. The van der Waals surface area contributed by atoms with Crippen molar-refractivity contribution in [2.45, 2.75) is 25.2 Å². The zero-order valence-corrected chi connectivity index (χ0v) is 16.0. The largest absolute Gasteiger partial charge is 0.0796 e. The number of hydrogen-bond donors (Lipinski definition) is 0. The molecule has 2 aromatic rings. The molecule has 0 spiro atoms. The smallest absolute Gasteiger partial charge is 0.00953 e. The van der Waals surface area contributed by atoms with E-state index in [9.17, 15) is 0 Å². The molecule has 0 saturated heterocycles. The fraction of sp³-hybridized carbons (Fsp3) is 0.185. The predicted molar refractivity (Wildman–Crippen MR) is 117 cm³/mol. The van der Waals surface area contributed by atoms with E-state index in [4.69, 9.17) is 0 Å². The molecule has 0 nitrogen and oxygen atoms in total. The van der Waals surface area contributed by atoms with Gasteiger partial charge < -0.3 is 0 Å². The van der Waals surface area contributed by atoms with Crippen molar-refractivity contribution >= 4 is 5.57 Å². The first-order chi connectivity index (χ1) is 13.2. The van der Waals surface area contributed by atoms with Gasteiger partial charge in [-0.1, -0.05) is 123 Å². The summed E-state index contributed by atoms with van der Waals surface area (Å²) < 4.78 is 0. The summed E-state index contributed by atoms with van der Waals surface area (Å²) in [5.74, 6) is 0.871. The molecule has 0 amide bonds. The SMILES string of the molecule is CC1(C)c2ccccc2C2/C=C/C=C\C(c3ccccc3)=C/C=C/C=C\C21. The molecule has 0 heterocycles. The van der Waals surface area contributed by atoms with E-state index in [0.29, 0.717) is 11.8 Å². The van der Waals surface area contributed by atoms with Gasteiger partial charge in [0.2, 0.25) is 0 Å². The Kier molecular flexibility index (Phi) is 4.81. The first kappa shape index (κ1) is 17.5. The summed E-state index contributed by atoms with van der Waals surface area (Å²) in [7, 11) is 0. The Hall–Kier alpha value is -2.86. The summed E-state index contributed by atoms with van der Waals surface area (Å²) >= 11 is 0. The van der Waals surface area contributed by atoms with Crippen LogP contribution in [0.15, 0.2) is 109 Å². The van der Waals surface area contributed by atoms with Gasteiger partial charge in [-0.25, -0.2) is 0 Å². The predicted octanol–water partition coefficient (Wildman–Crippen LogP) is 7.00. The molecule has 0 heteroatoms. The van der Waals surface area contributed by atoms with Crippen LogP contribution in [-0.4, -0.2) is 0 Å². The van der Waals surface area contributed by atoms with Crippen molar-refractivity contribution in [1.82, 2.24) is 0 Å². The molecule has 0 saturated carbocycles. The third-order valence-electron chi connectivity index (χ3n) is 5.86. The van der Waals surface area contributed by atoms with Crippen molar-refractivity contribution in [2.24, 2.45) is 5.92 Å². The molecule has 4 rings (SSSR count). The molecular weight excluding hydrogens is 324 g/mol. The van der Waals surface area contributed by atoms with E-state index in [1.54, 1.807) is 0 Å². The number of hydrogen-bond acceptors (Lipinski definition) is 0. The second kappa shape index (κ2) is 7.40. The van der Waals surface area contributed by atoms with E-state index in [1.807, 2.05) is 0 Å². The monoisotopic (exact) mass is 350 g/mol. The van der Waals surface area contributed by atoms with Gasteiger partial charge in [-0.2, -0.15) is 0 Å². The van der Waals surface area contributed by atoms with E-state index < -0.39 is 0 Å². The Morgan fingerprint density at radius 2 is 1.44 bits per heavy atom. The summed E-state index contributed by atoms with van der Waals surface area (Å²) in [5.41, 5.74) is 5.52. The molecule has 0 fully saturated rings. The maximum absolute atomic E-state index is 2.38. The van der Waals surface area contributed by atoms with Crippen molar-refractivity contribution in [3.63, 3.8) is 0 Å². The molecule has 0 aliphatic heterocycles. The minimum Gasteiger partial charge on any atom is -0.0796 e. The Balaban J connectivity index is 1.74. The average Bonchev–Trinajstić information content (AvgIpc) is 2.89. The van der Waals surface area contributed by atoms with Crippen molar-refractivity contribution < 1.29 is 0 Å². The van der Waals surface area contributed by atoms with Crippen molar-refractivity contribution in [3.05, 3.63) is 126 Å². The van der Waals surface area contributed by atoms with Crippen LogP contribution in [0.3, 0.4) is 0 Å². The third-order valence-corrected chi connectivity index (χ3v) is 5.86. The lowest BCUT2D eigenvalue weighted by Crippen LogP contribution is -2.23. The fourth-order valence-electron chi connectivity index (χ4n) is 4.41. The molecule has 27 heavy (non-hydrogen) atoms. The fourth-order valence-corrected chi connectivity index (χ4v) is 4.41. The van der Waals surface area contributed by atoms with E-state index >= 15 is 0 Å². The average molecular weight is 351 g/mol. The molecule has 0 radical (unpaired) electrons. The second-order valence-electron chi connectivity index (χ2n) is 7.86. The van der Waals surface area contributed by atoms with Crippen LogP contribution in [-0.2, 0) is 5.41 Å². The van der Waals surface area contributed by atoms with Crippen LogP contribution >= 0.6 is 0 Å². The lowest BCUT2D eigenvalue weighted by Gasteiger charge is -2.28. The van der Waals surface area contributed by atoms with E-state index in [1.165, 1.54) is 22.3 Å². The highest BCUT2D eigenvalue weighted by Gasteiger charge is 2.43. The molecule has 2 unspecified atom stereocenters. The van der Waals surface area contributed by atoms with Crippen LogP contribution in [0.5, 0.6) is 0 Å². The van der Waals surface area contributed by atoms with Gasteiger partial charge >= 0.3 is 0 Å². The molecule has 0 aromatic heterocycles. The number of allylic oxidation sites excluding steroid dienone is 10. The van der Waals surface area contributed by atoms with Crippen molar-refractivity contribution in [1.29, 1.82) is 0 Å². The van der Waals surface area contributed by atoms with Gasteiger partial charge in [0.05, 0.1) is 0 Å². The van der Waals surface area contributed by atoms with Crippen LogP contribution in [0.2, 0.25) is 0 Å². The quantitative estimate of drug-likeness (QED) is 0.519. The zero-order chi connectivity index (χ0) is 18.7. The minimum absolute atomic E-state index is 0.134. The van der Waals surface area contributed by atoms with E-state index in [2.05, 4.69) is 123 Å². The van der Waals surface area contributed by atoms with Gasteiger partial charge in [-0.15, -0.1) is 0 Å². The van der Waals surface area contributed by atoms with Crippen LogP contribution < -0.4 is 0 Å². The van der Waals surface area contributed by atoms with Gasteiger partial charge in [-0.05, 0) is 33.6 Å². The summed E-state index contributed by atoms with van der Waals surface area (Å²) in [6, 6.07) is 19.4. The summed E-state index contributed by atoms with van der Waals surface area (Å²) in [6.07, 6.45) is 20.0. The summed E-state index contributed by atoms with van der Waals surface area (Å²) in [5, 5.41) is 0. The summed E-state index contributed by atoms with van der Waals surface area (Å²) in [6.45, 7) is 4.74. The number of rotatable bonds is 1. The molecule has 2 aliphatic carbocycles. The maximum atomic E-state index is 2.38. The highest BCUT2D eigenvalue weighted by Crippen LogP contribution is 2.51. The second-order valence-corrected chi connectivity index (χ2v) is 7.86. The van der Waals surface area contributed by atoms with Gasteiger partial charge in [-0.3, -0.25) is 0 Å². The normalized spacial score (nSPS) is 29.8. The van der Waals surface area contributed by atoms with E-state index in [0.717, 1.165) is 0 Å². The Morgan fingerprint density at radius 1 is 0.704 bits per heavy atom. The topological polar surface area (TPSA) is 0 Å². The molecule has 2 aliphatic rings. The first-order valence-electron chi connectivity index (χ1n) is 9.73. The van der Waals surface area contributed by atoms with Crippen LogP contribution in [0.4, 0.5) is 0 Å². The van der Waals surface area contributed by atoms with E-state index in [-0.39, 0.29) is 5.41 Å². The lowest BCUT2D eigenvalue weighted by atomic mass is 9.75. The van der Waals surface area contributed by atoms with Gasteiger partial charge in [0.15, 0.2) is 0 Å². The number of benzene rings is 2. The maximum Gasteiger partial charge on any atom is 0.00953 e. The van der Waals surface area contributed by atoms with Crippen LogP contribution in [0.25, 0.3) is 5.57 Å². The van der Waals surface area contributed by atoms with Gasteiger partial charge in [0.1, 0.15) is 0 Å². The Bertz CT molecular complexity index is 949. The van der Waals surface area contributed by atoms with Crippen molar-refractivity contribution in [3.8, 4) is 0 Å². The molecular formula is C27H26. The summed E-state index contributed by atoms with van der Waals surface area (Å²) in [4.78, 5) is 0. The molecule has 2 atom stereocenters. The highest BCUT2D eigenvalue weighted by molar-refractivity contribution is 5.75. The van der Waals surface area contributed by atoms with Crippen LogP contribution in [0, 0.1) is 5.92 Å². The number of fused-ring (bicyclic) bond motifs is 3. The van der Waals surface area contributed by atoms with Gasteiger partial charge in [0.25, 0.3) is 0 Å². The standard InChI is InChI=1S/C27H26/c1-27(2)25-19-8-4-7-15-22(21-13-5-3-6-14-21)16-9-10-17-23(25)24-18-11-12-20-26(24)27/h3-20,23,25H,1-2H3/b7-4+,16-9-,17-10+,19-8-,22-15+. The molecule has 0 N–H and O–H groups in total.